The number of imidazole rings is 1. The topological polar surface area (TPSA) is 142 Å². The summed E-state index contributed by atoms with van der Waals surface area (Å²) in [6.07, 6.45) is 6.62. The molecule has 7 rings (SSSR count). The SMILES string of the molecule is CS(=O)(=O)CCc1cc(F)cc(-c2ccnc3nc(-c4n[nH]c5ccc(-c6cncc(CNCc7ccccc7)c6)nc45)[nH]c23)c1. The molecule has 0 bridgehead atoms. The summed E-state index contributed by atoms with van der Waals surface area (Å²) >= 11 is 0. The zero-order valence-corrected chi connectivity index (χ0v) is 25.6. The Balaban J connectivity index is 1.19. The van der Waals surface area contributed by atoms with E-state index < -0.39 is 15.7 Å². The number of aromatic amines is 2. The lowest BCUT2D eigenvalue weighted by Crippen LogP contribution is -2.12. The van der Waals surface area contributed by atoms with Gasteiger partial charge in [0.15, 0.2) is 17.2 Å². The van der Waals surface area contributed by atoms with Crippen LogP contribution in [-0.2, 0) is 29.3 Å². The van der Waals surface area contributed by atoms with Crippen molar-refractivity contribution in [1.82, 2.24) is 40.4 Å². The van der Waals surface area contributed by atoms with Crippen LogP contribution in [0, 0.1) is 5.82 Å². The Morgan fingerprint density at radius 3 is 2.54 bits per heavy atom. The van der Waals surface area contributed by atoms with Gasteiger partial charge >= 0.3 is 0 Å². The number of nitrogens with zero attached hydrogens (tertiary/aromatic N) is 5. The molecule has 0 fully saturated rings. The molecule has 0 aliphatic carbocycles. The summed E-state index contributed by atoms with van der Waals surface area (Å²) < 4.78 is 38.0. The Morgan fingerprint density at radius 1 is 0.870 bits per heavy atom. The highest BCUT2D eigenvalue weighted by Crippen LogP contribution is 2.32. The van der Waals surface area contributed by atoms with Crippen LogP contribution in [0.5, 0.6) is 0 Å². The Labute approximate surface area is 264 Å². The molecule has 0 atom stereocenters. The van der Waals surface area contributed by atoms with Gasteiger partial charge in [0.25, 0.3) is 0 Å². The van der Waals surface area contributed by atoms with E-state index in [2.05, 4.69) is 48.7 Å². The van der Waals surface area contributed by atoms with Crippen LogP contribution in [0.2, 0.25) is 0 Å². The molecule has 10 nitrogen and oxygen atoms in total. The van der Waals surface area contributed by atoms with E-state index in [0.717, 1.165) is 28.9 Å². The van der Waals surface area contributed by atoms with E-state index in [1.165, 1.54) is 24.0 Å². The number of hydrogen-bond acceptors (Lipinski definition) is 8. The summed E-state index contributed by atoms with van der Waals surface area (Å²) in [4.78, 5) is 21.8. The van der Waals surface area contributed by atoms with Gasteiger partial charge in [-0.1, -0.05) is 36.4 Å². The fourth-order valence-electron chi connectivity index (χ4n) is 5.41. The van der Waals surface area contributed by atoms with Crippen LogP contribution in [0.3, 0.4) is 0 Å². The molecule has 3 N–H and O–H groups in total. The van der Waals surface area contributed by atoms with Crippen LogP contribution in [0.4, 0.5) is 4.39 Å². The molecule has 46 heavy (non-hydrogen) atoms. The molecule has 5 aromatic heterocycles. The molecule has 0 radical (unpaired) electrons. The van der Waals surface area contributed by atoms with Crippen molar-refractivity contribution in [2.45, 2.75) is 19.5 Å². The van der Waals surface area contributed by atoms with Crippen LogP contribution in [0.25, 0.3) is 56.1 Å². The minimum Gasteiger partial charge on any atom is -0.335 e. The van der Waals surface area contributed by atoms with Crippen LogP contribution in [-0.4, -0.2) is 55.5 Å². The number of nitrogens with one attached hydrogen (secondary N) is 3. The smallest absolute Gasteiger partial charge is 0.178 e. The van der Waals surface area contributed by atoms with E-state index in [-0.39, 0.29) is 12.2 Å². The largest absolute Gasteiger partial charge is 0.335 e. The summed E-state index contributed by atoms with van der Waals surface area (Å²) in [5.74, 6) is -0.0643. The number of fused-ring (bicyclic) bond motifs is 2. The van der Waals surface area contributed by atoms with Crippen LogP contribution in [0.1, 0.15) is 16.7 Å². The van der Waals surface area contributed by atoms with E-state index in [1.807, 2.05) is 36.5 Å². The molecule has 0 aliphatic rings. The first-order chi connectivity index (χ1) is 22.3. The number of halogens is 1. The Kier molecular flexibility index (Phi) is 7.81. The van der Waals surface area contributed by atoms with Crippen molar-refractivity contribution in [3.63, 3.8) is 0 Å². The van der Waals surface area contributed by atoms with Gasteiger partial charge in [0.05, 0.1) is 22.5 Å². The van der Waals surface area contributed by atoms with E-state index in [0.29, 0.717) is 51.4 Å². The predicted molar refractivity (Wildman–Crippen MR) is 176 cm³/mol. The standard InChI is InChI=1S/C34H29FN8O2S/c1-46(44,45)12-10-22-13-24(16-26(35)15-22)27-9-11-38-33-30(27)40-34(41-33)32-31-29(42-43-32)8-7-28(39-31)25-14-23(19-37-20-25)18-36-17-21-5-3-2-4-6-21/h2-9,11,13-16,19-20,36H,10,12,17-18H2,1H3,(H,42,43)(H,38,40,41). The molecule has 0 spiro atoms. The van der Waals surface area contributed by atoms with Gasteiger partial charge in [-0.25, -0.2) is 27.8 Å². The van der Waals surface area contributed by atoms with Gasteiger partial charge in [0.2, 0.25) is 0 Å². The molecule has 0 saturated heterocycles. The predicted octanol–water partition coefficient (Wildman–Crippen LogP) is 5.64. The van der Waals surface area contributed by atoms with Crippen molar-refractivity contribution in [3.05, 3.63) is 114 Å². The fourth-order valence-corrected chi connectivity index (χ4v) is 6.02. The maximum atomic E-state index is 14.6. The molecule has 5 heterocycles. The molecule has 12 heteroatoms. The lowest BCUT2D eigenvalue weighted by molar-refractivity contribution is 0.600. The number of H-pyrrole nitrogens is 2. The van der Waals surface area contributed by atoms with E-state index >= 15 is 0 Å². The highest BCUT2D eigenvalue weighted by molar-refractivity contribution is 7.90. The lowest BCUT2D eigenvalue weighted by atomic mass is 10.0. The van der Waals surface area contributed by atoms with Crippen molar-refractivity contribution in [3.8, 4) is 33.9 Å². The minimum absolute atomic E-state index is 0.0669. The average Bonchev–Trinajstić information content (AvgIpc) is 3.68. The Morgan fingerprint density at radius 2 is 1.70 bits per heavy atom. The Hall–Kier alpha value is -5.33. The van der Waals surface area contributed by atoms with Crippen molar-refractivity contribution in [2.24, 2.45) is 0 Å². The van der Waals surface area contributed by atoms with Gasteiger partial charge in [-0.2, -0.15) is 5.10 Å². The molecule has 2 aromatic carbocycles. The van der Waals surface area contributed by atoms with Crippen LogP contribution < -0.4 is 5.32 Å². The van der Waals surface area contributed by atoms with Gasteiger partial charge in [0.1, 0.15) is 21.2 Å². The van der Waals surface area contributed by atoms with E-state index in [9.17, 15) is 12.8 Å². The van der Waals surface area contributed by atoms with E-state index in [1.54, 1.807) is 24.5 Å². The first kappa shape index (κ1) is 29.4. The van der Waals surface area contributed by atoms with Gasteiger partial charge < -0.3 is 10.3 Å². The lowest BCUT2D eigenvalue weighted by Gasteiger charge is -2.07. The number of sulfone groups is 1. The third-order valence-electron chi connectivity index (χ3n) is 7.65. The van der Waals surface area contributed by atoms with Gasteiger partial charge in [-0.3, -0.25) is 10.1 Å². The zero-order valence-electron chi connectivity index (χ0n) is 24.8. The first-order valence-corrected chi connectivity index (χ1v) is 16.7. The van der Waals surface area contributed by atoms with Crippen molar-refractivity contribution < 1.29 is 12.8 Å². The highest BCUT2D eigenvalue weighted by atomic mass is 32.2. The van der Waals surface area contributed by atoms with Crippen molar-refractivity contribution in [2.75, 3.05) is 12.0 Å². The number of rotatable bonds is 10. The molecule has 230 valence electrons. The summed E-state index contributed by atoms with van der Waals surface area (Å²) in [5, 5.41) is 11.0. The monoisotopic (exact) mass is 632 g/mol. The quantitative estimate of drug-likeness (QED) is 0.176. The average molecular weight is 633 g/mol. The third kappa shape index (κ3) is 6.39. The summed E-state index contributed by atoms with van der Waals surface area (Å²) in [6.45, 7) is 1.42. The number of pyridine rings is 3. The highest BCUT2D eigenvalue weighted by Gasteiger charge is 2.18. The summed E-state index contributed by atoms with van der Waals surface area (Å²) in [5.41, 5.74) is 8.63. The number of benzene rings is 2. The van der Waals surface area contributed by atoms with Crippen molar-refractivity contribution in [1.29, 1.82) is 0 Å². The maximum absolute atomic E-state index is 14.6. The van der Waals surface area contributed by atoms with Crippen LogP contribution >= 0.6 is 0 Å². The second-order valence-corrected chi connectivity index (χ2v) is 13.5. The third-order valence-corrected chi connectivity index (χ3v) is 8.59. The van der Waals surface area contributed by atoms with Gasteiger partial charge in [-0.15, -0.1) is 0 Å². The normalized spacial score (nSPS) is 11.9. The molecule has 0 amide bonds. The zero-order chi connectivity index (χ0) is 31.7. The molecular formula is C34H29FN8O2S. The van der Waals surface area contributed by atoms with E-state index in [4.69, 9.17) is 9.97 Å². The van der Waals surface area contributed by atoms with Gasteiger partial charge in [-0.05, 0) is 65.1 Å². The molecular weight excluding hydrogens is 603 g/mol. The van der Waals surface area contributed by atoms with Crippen molar-refractivity contribution >= 4 is 32.0 Å². The van der Waals surface area contributed by atoms with Gasteiger partial charge in [0, 0.05) is 49.1 Å². The summed E-state index contributed by atoms with van der Waals surface area (Å²) in [6, 6.07) is 22.5. The Bertz CT molecular complexity index is 2300. The number of hydrogen-bond donors (Lipinski definition) is 3. The molecule has 0 saturated carbocycles. The number of aryl methyl sites for hydroxylation is 1. The second kappa shape index (κ2) is 12.2. The molecule has 7 aromatic rings. The second-order valence-electron chi connectivity index (χ2n) is 11.2. The molecule has 0 unspecified atom stereocenters. The number of aromatic nitrogens is 7. The summed E-state index contributed by atoms with van der Waals surface area (Å²) in [7, 11) is -3.19. The minimum atomic E-state index is -3.19. The van der Waals surface area contributed by atoms with Crippen LogP contribution in [0.15, 0.2) is 91.4 Å². The first-order valence-electron chi connectivity index (χ1n) is 14.7. The molecule has 0 aliphatic heterocycles. The maximum Gasteiger partial charge on any atom is 0.178 e. The fraction of sp³-hybridized carbons (Fsp3) is 0.147.